The van der Waals surface area contributed by atoms with Gasteiger partial charge in [0.1, 0.15) is 5.82 Å². The highest BCUT2D eigenvalue weighted by atomic mass is 35.5. The average molecular weight is 430 g/mol. The molecule has 3 aromatic rings. The minimum absolute atomic E-state index is 0.0285. The second-order valence-corrected chi connectivity index (χ2v) is 7.32. The summed E-state index contributed by atoms with van der Waals surface area (Å²) >= 11 is 5.98. The number of rotatable bonds is 6. The Balaban J connectivity index is 1.58. The fourth-order valence-corrected chi connectivity index (χ4v) is 3.18. The first-order valence-electron chi connectivity index (χ1n) is 9.24. The molecule has 0 fully saturated rings. The molecule has 0 bridgehead atoms. The van der Waals surface area contributed by atoms with E-state index in [1.807, 2.05) is 19.9 Å². The molecule has 0 atom stereocenters. The minimum atomic E-state index is -0.624. The second kappa shape index (κ2) is 9.09. The number of esters is 1. The normalized spacial score (nSPS) is 10.7. The Labute approximate surface area is 178 Å². The summed E-state index contributed by atoms with van der Waals surface area (Å²) in [5.74, 6) is -1.59. The largest absolute Gasteiger partial charge is 0.452 e. The third-order valence-electron chi connectivity index (χ3n) is 4.57. The van der Waals surface area contributed by atoms with Crippen LogP contribution >= 0.6 is 11.6 Å². The summed E-state index contributed by atoms with van der Waals surface area (Å²) in [6, 6.07) is 13.0. The number of aryl methyl sites for hydroxylation is 2. The van der Waals surface area contributed by atoms with Gasteiger partial charge in [-0.05, 0) is 56.3 Å². The van der Waals surface area contributed by atoms with Gasteiger partial charge in [-0.2, -0.15) is 5.10 Å². The molecule has 0 aliphatic rings. The summed E-state index contributed by atoms with van der Waals surface area (Å²) in [5, 5.41) is 4.63. The SMILES string of the molecule is Cc1cc(C)n(-c2ccc(C(=O)OCC(=O)N(C)Cc3c(F)cccc3Cl)cc2)n1. The van der Waals surface area contributed by atoms with Gasteiger partial charge in [0, 0.05) is 29.9 Å². The number of halogens is 2. The van der Waals surface area contributed by atoms with Crippen LogP contribution in [0.4, 0.5) is 4.39 Å². The third kappa shape index (κ3) is 4.86. The van der Waals surface area contributed by atoms with Gasteiger partial charge in [0.15, 0.2) is 6.61 Å². The lowest BCUT2D eigenvalue weighted by molar-refractivity contribution is -0.133. The molecule has 3 rings (SSSR count). The van der Waals surface area contributed by atoms with Crippen LogP contribution in [0.25, 0.3) is 5.69 Å². The van der Waals surface area contributed by atoms with Crippen molar-refractivity contribution in [2.45, 2.75) is 20.4 Å². The Morgan fingerprint density at radius 3 is 2.47 bits per heavy atom. The first-order chi connectivity index (χ1) is 14.3. The van der Waals surface area contributed by atoms with Crippen LogP contribution < -0.4 is 0 Å². The first-order valence-corrected chi connectivity index (χ1v) is 9.61. The topological polar surface area (TPSA) is 64.4 Å². The van der Waals surface area contributed by atoms with E-state index in [4.69, 9.17) is 16.3 Å². The molecule has 1 amide bonds. The van der Waals surface area contributed by atoms with Crippen molar-refractivity contribution in [3.8, 4) is 5.69 Å². The predicted molar refractivity (Wildman–Crippen MR) is 111 cm³/mol. The van der Waals surface area contributed by atoms with E-state index in [0.717, 1.165) is 17.1 Å². The molecule has 8 heteroatoms. The molecule has 30 heavy (non-hydrogen) atoms. The smallest absolute Gasteiger partial charge is 0.338 e. The van der Waals surface area contributed by atoms with Gasteiger partial charge in [-0.15, -0.1) is 0 Å². The molecule has 1 aromatic heterocycles. The highest BCUT2D eigenvalue weighted by Gasteiger charge is 2.17. The number of carbonyl (C=O) groups excluding carboxylic acids is 2. The van der Waals surface area contributed by atoms with Crippen molar-refractivity contribution in [3.63, 3.8) is 0 Å². The molecular formula is C22H21ClFN3O3. The number of amides is 1. The molecule has 0 aliphatic carbocycles. The van der Waals surface area contributed by atoms with E-state index in [0.29, 0.717) is 5.56 Å². The van der Waals surface area contributed by atoms with Gasteiger partial charge in [-0.3, -0.25) is 4.79 Å². The van der Waals surface area contributed by atoms with Crippen LogP contribution in [0.2, 0.25) is 5.02 Å². The van der Waals surface area contributed by atoms with Crippen molar-refractivity contribution in [2.75, 3.05) is 13.7 Å². The van der Waals surface area contributed by atoms with E-state index < -0.39 is 24.3 Å². The van der Waals surface area contributed by atoms with Crippen LogP contribution in [0.5, 0.6) is 0 Å². The van der Waals surface area contributed by atoms with E-state index in [9.17, 15) is 14.0 Å². The number of hydrogen-bond acceptors (Lipinski definition) is 4. The molecule has 156 valence electrons. The number of ether oxygens (including phenoxy) is 1. The number of likely N-dealkylation sites (N-methyl/N-ethyl adjacent to an activating group) is 1. The molecule has 0 saturated carbocycles. The quantitative estimate of drug-likeness (QED) is 0.553. The lowest BCUT2D eigenvalue weighted by atomic mass is 10.2. The van der Waals surface area contributed by atoms with E-state index in [2.05, 4.69) is 5.10 Å². The zero-order valence-corrected chi connectivity index (χ0v) is 17.6. The molecule has 0 spiro atoms. The first kappa shape index (κ1) is 21.5. The van der Waals surface area contributed by atoms with Crippen molar-refractivity contribution in [2.24, 2.45) is 0 Å². The summed E-state index contributed by atoms with van der Waals surface area (Å²) in [6.45, 7) is 3.36. The van der Waals surface area contributed by atoms with E-state index in [1.54, 1.807) is 35.0 Å². The summed E-state index contributed by atoms with van der Waals surface area (Å²) in [7, 11) is 1.49. The highest BCUT2D eigenvalue weighted by molar-refractivity contribution is 6.31. The van der Waals surface area contributed by atoms with Gasteiger partial charge < -0.3 is 9.64 Å². The van der Waals surface area contributed by atoms with Crippen LogP contribution in [0.1, 0.15) is 27.3 Å². The standard InChI is InChI=1S/C22H21ClFN3O3/c1-14-11-15(2)27(25-14)17-9-7-16(8-10-17)22(29)30-13-21(28)26(3)12-18-19(23)5-4-6-20(18)24/h4-11H,12-13H2,1-3H3. The zero-order valence-electron chi connectivity index (χ0n) is 16.9. The van der Waals surface area contributed by atoms with Crippen LogP contribution in [-0.2, 0) is 16.1 Å². The van der Waals surface area contributed by atoms with Gasteiger partial charge in [0.25, 0.3) is 5.91 Å². The fourth-order valence-electron chi connectivity index (χ4n) is 2.96. The molecule has 0 unspecified atom stereocenters. The maximum Gasteiger partial charge on any atom is 0.338 e. The number of aromatic nitrogens is 2. The van der Waals surface area contributed by atoms with Gasteiger partial charge in [0.2, 0.25) is 0 Å². The number of carbonyl (C=O) groups is 2. The molecule has 0 N–H and O–H groups in total. The Hall–Kier alpha value is -3.19. The average Bonchev–Trinajstić information content (AvgIpc) is 3.06. The maximum atomic E-state index is 13.9. The predicted octanol–water partition coefficient (Wildman–Crippen LogP) is 4.10. The zero-order chi connectivity index (χ0) is 21.8. The summed E-state index contributed by atoms with van der Waals surface area (Å²) in [4.78, 5) is 25.8. The van der Waals surface area contributed by atoms with Crippen LogP contribution in [0, 0.1) is 19.7 Å². The molecule has 0 radical (unpaired) electrons. The summed E-state index contributed by atoms with van der Waals surface area (Å²) in [6.07, 6.45) is 0. The van der Waals surface area contributed by atoms with Crippen molar-refractivity contribution >= 4 is 23.5 Å². The van der Waals surface area contributed by atoms with Gasteiger partial charge >= 0.3 is 5.97 Å². The lowest BCUT2D eigenvalue weighted by Gasteiger charge is -2.18. The molecule has 6 nitrogen and oxygen atoms in total. The fraction of sp³-hybridized carbons (Fsp3) is 0.227. The van der Waals surface area contributed by atoms with Crippen molar-refractivity contribution in [1.29, 1.82) is 0 Å². The van der Waals surface area contributed by atoms with Crippen LogP contribution in [0.3, 0.4) is 0 Å². The van der Waals surface area contributed by atoms with E-state index in [-0.39, 0.29) is 17.1 Å². The minimum Gasteiger partial charge on any atom is -0.452 e. The highest BCUT2D eigenvalue weighted by Crippen LogP contribution is 2.20. The third-order valence-corrected chi connectivity index (χ3v) is 4.92. The lowest BCUT2D eigenvalue weighted by Crippen LogP contribution is -2.31. The number of hydrogen-bond donors (Lipinski definition) is 0. The monoisotopic (exact) mass is 429 g/mol. The van der Waals surface area contributed by atoms with E-state index in [1.165, 1.54) is 24.1 Å². The maximum absolute atomic E-state index is 13.9. The van der Waals surface area contributed by atoms with Gasteiger partial charge in [-0.25, -0.2) is 13.9 Å². The van der Waals surface area contributed by atoms with Gasteiger partial charge in [0.05, 0.1) is 16.9 Å². The van der Waals surface area contributed by atoms with Crippen molar-refractivity contribution in [3.05, 3.63) is 81.9 Å². The summed E-state index contributed by atoms with van der Waals surface area (Å²) in [5.41, 5.74) is 3.21. The molecule has 0 aliphatic heterocycles. The molecule has 1 heterocycles. The molecule has 0 saturated heterocycles. The summed E-state index contributed by atoms with van der Waals surface area (Å²) < 4.78 is 20.8. The molecular weight excluding hydrogens is 409 g/mol. The van der Waals surface area contributed by atoms with Crippen molar-refractivity contribution < 1.29 is 18.7 Å². The molecule has 2 aromatic carbocycles. The Kier molecular flexibility index (Phi) is 6.52. The van der Waals surface area contributed by atoms with Gasteiger partial charge in [-0.1, -0.05) is 17.7 Å². The second-order valence-electron chi connectivity index (χ2n) is 6.91. The van der Waals surface area contributed by atoms with Crippen LogP contribution in [0.15, 0.2) is 48.5 Å². The Morgan fingerprint density at radius 2 is 1.87 bits per heavy atom. The Morgan fingerprint density at radius 1 is 1.17 bits per heavy atom. The number of benzene rings is 2. The van der Waals surface area contributed by atoms with Crippen molar-refractivity contribution in [1.82, 2.24) is 14.7 Å². The van der Waals surface area contributed by atoms with Crippen LogP contribution in [-0.4, -0.2) is 40.2 Å². The van der Waals surface area contributed by atoms with E-state index >= 15 is 0 Å². The Bertz CT molecular complexity index is 1060. The number of nitrogens with zero attached hydrogens (tertiary/aromatic N) is 3.